The molecule has 0 saturated heterocycles. The summed E-state index contributed by atoms with van der Waals surface area (Å²) in [5, 5.41) is 0.806. The van der Waals surface area contributed by atoms with Crippen molar-refractivity contribution < 1.29 is 0 Å². The molecule has 1 aromatic carbocycles. The summed E-state index contributed by atoms with van der Waals surface area (Å²) in [5.41, 5.74) is 8.32. The van der Waals surface area contributed by atoms with Crippen LogP contribution in [0.1, 0.15) is 44.6 Å². The third kappa shape index (κ3) is 3.67. The first-order valence-electron chi connectivity index (χ1n) is 7.87. The molecule has 112 valence electrons. The van der Waals surface area contributed by atoms with Gasteiger partial charge in [0, 0.05) is 23.8 Å². The summed E-state index contributed by atoms with van der Waals surface area (Å²) in [6, 6.07) is 6.87. The molecule has 2 N–H and O–H groups in total. The number of hydrogen-bond donors (Lipinski definition) is 1. The zero-order valence-corrected chi connectivity index (χ0v) is 13.5. The molecular formula is C17H27ClN2. The van der Waals surface area contributed by atoms with Gasteiger partial charge in [-0.1, -0.05) is 24.9 Å². The Morgan fingerprint density at radius 2 is 1.95 bits per heavy atom. The number of anilines is 1. The maximum absolute atomic E-state index is 6.12. The van der Waals surface area contributed by atoms with Crippen molar-refractivity contribution in [3.8, 4) is 0 Å². The first-order chi connectivity index (χ1) is 9.65. The monoisotopic (exact) mass is 294 g/mol. The van der Waals surface area contributed by atoms with E-state index in [9.17, 15) is 0 Å². The molecule has 2 rings (SSSR count). The third-order valence-electron chi connectivity index (χ3n) is 4.78. The van der Waals surface area contributed by atoms with Gasteiger partial charge in [-0.15, -0.1) is 0 Å². The highest BCUT2D eigenvalue weighted by Crippen LogP contribution is 2.33. The molecule has 0 atom stereocenters. The minimum absolute atomic E-state index is 0.662. The maximum atomic E-state index is 6.12. The summed E-state index contributed by atoms with van der Waals surface area (Å²) in [5.74, 6) is 0.938. The molecule has 0 unspecified atom stereocenters. The van der Waals surface area contributed by atoms with Gasteiger partial charge in [0.05, 0.1) is 0 Å². The number of hydrogen-bond acceptors (Lipinski definition) is 2. The summed E-state index contributed by atoms with van der Waals surface area (Å²) in [4.78, 5) is 2.45. The van der Waals surface area contributed by atoms with Crippen LogP contribution >= 0.6 is 11.6 Å². The van der Waals surface area contributed by atoms with Crippen molar-refractivity contribution in [3.63, 3.8) is 0 Å². The molecule has 1 aliphatic carbocycles. The normalized spacial score (nSPS) is 22.8. The van der Waals surface area contributed by atoms with Gasteiger partial charge >= 0.3 is 0 Å². The molecule has 0 aromatic heterocycles. The minimum atomic E-state index is 0.662. The number of nitrogens with two attached hydrogens (primary N) is 1. The molecule has 1 fully saturated rings. The van der Waals surface area contributed by atoms with Crippen molar-refractivity contribution in [2.75, 3.05) is 18.5 Å². The summed E-state index contributed by atoms with van der Waals surface area (Å²) in [6.07, 6.45) is 7.57. The van der Waals surface area contributed by atoms with Crippen LogP contribution in [0.4, 0.5) is 5.69 Å². The standard InChI is InChI=1S/C17H27ClN2/c1-3-13-4-7-16(8-5-13)20(2)17-9-6-15(18)12-14(17)10-11-19/h6,9,12-13,16H,3-5,7-8,10-11,19H2,1-2H3. The summed E-state index contributed by atoms with van der Waals surface area (Å²) >= 11 is 6.12. The predicted octanol–water partition coefficient (Wildman–Crippen LogP) is 4.25. The van der Waals surface area contributed by atoms with Crippen molar-refractivity contribution >= 4 is 17.3 Å². The summed E-state index contributed by atoms with van der Waals surface area (Å²) < 4.78 is 0. The van der Waals surface area contributed by atoms with Crippen molar-refractivity contribution in [2.24, 2.45) is 11.7 Å². The second-order valence-corrected chi connectivity index (χ2v) is 6.44. The van der Waals surface area contributed by atoms with Crippen LogP contribution in [0.15, 0.2) is 18.2 Å². The van der Waals surface area contributed by atoms with E-state index in [0.717, 1.165) is 17.4 Å². The second-order valence-electron chi connectivity index (χ2n) is 6.01. The Kier molecular flexibility index (Phi) is 5.74. The van der Waals surface area contributed by atoms with Crippen LogP contribution in [0.25, 0.3) is 0 Å². The van der Waals surface area contributed by atoms with E-state index in [1.807, 2.05) is 6.07 Å². The first kappa shape index (κ1) is 15.7. The molecule has 0 bridgehead atoms. The average Bonchev–Trinajstić information content (AvgIpc) is 2.47. The predicted molar refractivity (Wildman–Crippen MR) is 88.7 cm³/mol. The lowest BCUT2D eigenvalue weighted by atomic mass is 9.84. The fourth-order valence-electron chi connectivity index (χ4n) is 3.39. The molecule has 0 radical (unpaired) electrons. The van der Waals surface area contributed by atoms with Gasteiger partial charge in [0.2, 0.25) is 0 Å². The molecule has 0 aliphatic heterocycles. The maximum Gasteiger partial charge on any atom is 0.0410 e. The molecule has 3 heteroatoms. The summed E-state index contributed by atoms with van der Waals surface area (Å²) in [7, 11) is 2.22. The fraction of sp³-hybridized carbons (Fsp3) is 0.647. The SMILES string of the molecule is CCC1CCC(N(C)c2ccc(Cl)cc2CCN)CC1. The molecule has 2 nitrogen and oxygen atoms in total. The highest BCUT2D eigenvalue weighted by Gasteiger charge is 2.24. The second kappa shape index (κ2) is 7.33. The van der Waals surface area contributed by atoms with E-state index in [4.69, 9.17) is 17.3 Å². The van der Waals surface area contributed by atoms with E-state index >= 15 is 0 Å². The first-order valence-corrected chi connectivity index (χ1v) is 8.24. The Balaban J connectivity index is 2.10. The molecule has 0 spiro atoms. The van der Waals surface area contributed by atoms with E-state index < -0.39 is 0 Å². The van der Waals surface area contributed by atoms with Crippen LogP contribution in [0.2, 0.25) is 5.02 Å². The lowest BCUT2D eigenvalue weighted by Crippen LogP contribution is -2.35. The van der Waals surface area contributed by atoms with Crippen molar-refractivity contribution in [1.82, 2.24) is 0 Å². The molecule has 1 saturated carbocycles. The Morgan fingerprint density at radius 3 is 2.55 bits per heavy atom. The molecular weight excluding hydrogens is 268 g/mol. The lowest BCUT2D eigenvalue weighted by Gasteiger charge is -2.36. The van der Waals surface area contributed by atoms with Crippen LogP contribution in [-0.4, -0.2) is 19.6 Å². The van der Waals surface area contributed by atoms with Gasteiger partial charge in [-0.2, -0.15) is 0 Å². The van der Waals surface area contributed by atoms with Gasteiger partial charge < -0.3 is 10.6 Å². The van der Waals surface area contributed by atoms with Crippen molar-refractivity contribution in [3.05, 3.63) is 28.8 Å². The van der Waals surface area contributed by atoms with E-state index in [-0.39, 0.29) is 0 Å². The Bertz CT molecular complexity index is 425. The lowest BCUT2D eigenvalue weighted by molar-refractivity contribution is 0.313. The van der Waals surface area contributed by atoms with Crippen LogP contribution in [0, 0.1) is 5.92 Å². The largest absolute Gasteiger partial charge is 0.371 e. The van der Waals surface area contributed by atoms with Gasteiger partial charge in [0.15, 0.2) is 0 Å². The van der Waals surface area contributed by atoms with Crippen LogP contribution in [0.3, 0.4) is 0 Å². The van der Waals surface area contributed by atoms with Gasteiger partial charge in [-0.05, 0) is 68.3 Å². The van der Waals surface area contributed by atoms with E-state index in [0.29, 0.717) is 12.6 Å². The van der Waals surface area contributed by atoms with Gasteiger partial charge in [0.1, 0.15) is 0 Å². The zero-order valence-electron chi connectivity index (χ0n) is 12.7. The Labute approximate surface area is 128 Å². The average molecular weight is 295 g/mol. The number of benzene rings is 1. The van der Waals surface area contributed by atoms with Crippen molar-refractivity contribution in [1.29, 1.82) is 0 Å². The molecule has 0 heterocycles. The fourth-order valence-corrected chi connectivity index (χ4v) is 3.59. The quantitative estimate of drug-likeness (QED) is 0.880. The van der Waals surface area contributed by atoms with Gasteiger partial charge in [0.25, 0.3) is 0 Å². The van der Waals surface area contributed by atoms with E-state index in [1.165, 1.54) is 43.4 Å². The van der Waals surface area contributed by atoms with Gasteiger partial charge in [-0.3, -0.25) is 0 Å². The Morgan fingerprint density at radius 1 is 1.25 bits per heavy atom. The van der Waals surface area contributed by atoms with Crippen LogP contribution in [0.5, 0.6) is 0 Å². The van der Waals surface area contributed by atoms with Crippen LogP contribution in [-0.2, 0) is 6.42 Å². The molecule has 1 aromatic rings. The minimum Gasteiger partial charge on any atom is -0.371 e. The number of nitrogens with zero attached hydrogens (tertiary/aromatic N) is 1. The number of halogens is 1. The molecule has 0 amide bonds. The third-order valence-corrected chi connectivity index (χ3v) is 5.01. The Hall–Kier alpha value is -0.730. The van der Waals surface area contributed by atoms with Gasteiger partial charge in [-0.25, -0.2) is 0 Å². The topological polar surface area (TPSA) is 29.3 Å². The summed E-state index contributed by atoms with van der Waals surface area (Å²) in [6.45, 7) is 2.98. The van der Waals surface area contributed by atoms with Crippen molar-refractivity contribution in [2.45, 2.75) is 51.5 Å². The van der Waals surface area contributed by atoms with Crippen LogP contribution < -0.4 is 10.6 Å². The zero-order chi connectivity index (χ0) is 14.5. The van der Waals surface area contributed by atoms with E-state index in [2.05, 4.69) is 31.0 Å². The molecule has 20 heavy (non-hydrogen) atoms. The molecule has 1 aliphatic rings. The number of rotatable bonds is 5. The van der Waals surface area contributed by atoms with E-state index in [1.54, 1.807) is 0 Å². The smallest absolute Gasteiger partial charge is 0.0410 e. The highest BCUT2D eigenvalue weighted by molar-refractivity contribution is 6.30. The highest BCUT2D eigenvalue weighted by atomic mass is 35.5.